The number of ether oxygens (including phenoxy) is 1. The number of aryl methyl sites for hydroxylation is 1. The Bertz CT molecular complexity index is 1830. The number of pyridine rings is 1. The molecule has 1 unspecified atom stereocenters. The van der Waals surface area contributed by atoms with E-state index in [1.54, 1.807) is 28.8 Å². The number of carbonyl (C=O) groups excluding carboxylic acids is 1. The lowest BCUT2D eigenvalue weighted by atomic mass is 10.0. The van der Waals surface area contributed by atoms with Crippen LogP contribution in [0.25, 0.3) is 28.1 Å². The summed E-state index contributed by atoms with van der Waals surface area (Å²) in [5.41, 5.74) is 5.85. The van der Waals surface area contributed by atoms with Crippen molar-refractivity contribution in [1.29, 1.82) is 0 Å². The van der Waals surface area contributed by atoms with Gasteiger partial charge in [0.05, 0.1) is 23.1 Å². The quantitative estimate of drug-likeness (QED) is 0.323. The summed E-state index contributed by atoms with van der Waals surface area (Å²) in [6.45, 7) is 0.170. The van der Waals surface area contributed by atoms with Crippen LogP contribution >= 0.6 is 23.2 Å². The van der Waals surface area contributed by atoms with E-state index in [4.69, 9.17) is 27.9 Å². The van der Waals surface area contributed by atoms with Crippen LogP contribution in [0.1, 0.15) is 29.5 Å². The van der Waals surface area contributed by atoms with Gasteiger partial charge in [0.1, 0.15) is 18.8 Å². The van der Waals surface area contributed by atoms with Gasteiger partial charge in [0.25, 0.3) is 5.56 Å². The Balaban J connectivity index is 1.25. The summed E-state index contributed by atoms with van der Waals surface area (Å²) in [4.78, 5) is 32.9. The zero-order chi connectivity index (χ0) is 26.7. The Morgan fingerprint density at radius 2 is 1.92 bits per heavy atom. The van der Waals surface area contributed by atoms with E-state index in [-0.39, 0.29) is 18.2 Å². The predicted molar refractivity (Wildman–Crippen MR) is 143 cm³/mol. The second-order valence-corrected chi connectivity index (χ2v) is 10.1. The van der Waals surface area contributed by atoms with Crippen molar-refractivity contribution in [3.05, 3.63) is 92.5 Å². The van der Waals surface area contributed by atoms with Gasteiger partial charge in [-0.2, -0.15) is 4.68 Å². The number of fused-ring (bicyclic) bond motifs is 2. The van der Waals surface area contributed by atoms with Crippen molar-refractivity contribution in [2.75, 3.05) is 5.32 Å². The van der Waals surface area contributed by atoms with E-state index in [9.17, 15) is 9.59 Å². The predicted octanol–water partition coefficient (Wildman–Crippen LogP) is 4.79. The number of anilines is 1. The second-order valence-electron chi connectivity index (χ2n) is 9.27. The summed E-state index contributed by atoms with van der Waals surface area (Å²) in [5, 5.41) is 14.9. The SMILES string of the molecule is O=C1Nc2ccc(-c3[nH]c(C4CCc5cc(-c6cc(Cl)ccc6-n6cnnn6)cc(=O)n54)nc3Cl)cc2CO1. The van der Waals surface area contributed by atoms with Crippen molar-refractivity contribution in [1.82, 2.24) is 34.7 Å². The maximum Gasteiger partial charge on any atom is 0.411 e. The van der Waals surface area contributed by atoms with Crippen LogP contribution in [-0.2, 0) is 17.8 Å². The number of hydrogen-bond acceptors (Lipinski definition) is 7. The van der Waals surface area contributed by atoms with Crippen molar-refractivity contribution >= 4 is 35.0 Å². The molecule has 7 rings (SSSR count). The van der Waals surface area contributed by atoms with Gasteiger partial charge in [0, 0.05) is 33.5 Å². The first-order valence-electron chi connectivity index (χ1n) is 12.1. The van der Waals surface area contributed by atoms with Crippen LogP contribution in [0.3, 0.4) is 0 Å². The minimum Gasteiger partial charge on any atom is -0.444 e. The summed E-state index contributed by atoms with van der Waals surface area (Å²) in [7, 11) is 0. The molecule has 5 heterocycles. The fraction of sp³-hybridized carbons (Fsp3) is 0.154. The lowest BCUT2D eigenvalue weighted by molar-refractivity contribution is 0.151. The van der Waals surface area contributed by atoms with Crippen molar-refractivity contribution in [3.63, 3.8) is 0 Å². The number of aromatic nitrogens is 7. The van der Waals surface area contributed by atoms with Crippen LogP contribution in [0.2, 0.25) is 10.2 Å². The highest BCUT2D eigenvalue weighted by Gasteiger charge is 2.29. The second kappa shape index (κ2) is 9.07. The monoisotopic (exact) mass is 560 g/mol. The van der Waals surface area contributed by atoms with Crippen LogP contribution in [0, 0.1) is 0 Å². The molecule has 1 amide bonds. The van der Waals surface area contributed by atoms with Gasteiger partial charge in [-0.3, -0.25) is 10.1 Å². The number of imidazole rings is 1. The smallest absolute Gasteiger partial charge is 0.411 e. The molecule has 13 heteroatoms. The van der Waals surface area contributed by atoms with Gasteiger partial charge in [0.2, 0.25) is 0 Å². The third-order valence-corrected chi connectivity index (χ3v) is 7.49. The molecule has 39 heavy (non-hydrogen) atoms. The molecule has 194 valence electrons. The average Bonchev–Trinajstić information content (AvgIpc) is 3.68. The molecule has 0 bridgehead atoms. The number of carbonyl (C=O) groups is 1. The fourth-order valence-corrected chi connectivity index (χ4v) is 5.64. The number of aromatic amines is 1. The van der Waals surface area contributed by atoms with E-state index in [1.165, 1.54) is 11.0 Å². The highest BCUT2D eigenvalue weighted by Crippen LogP contribution is 2.37. The number of tetrazole rings is 1. The summed E-state index contributed by atoms with van der Waals surface area (Å²) in [6, 6.07) is 14.2. The van der Waals surface area contributed by atoms with E-state index >= 15 is 0 Å². The molecule has 2 aliphatic rings. The van der Waals surface area contributed by atoms with Gasteiger partial charge in [-0.25, -0.2) is 9.78 Å². The van der Waals surface area contributed by atoms with E-state index in [0.29, 0.717) is 45.9 Å². The van der Waals surface area contributed by atoms with Crippen molar-refractivity contribution < 1.29 is 9.53 Å². The van der Waals surface area contributed by atoms with E-state index < -0.39 is 6.09 Å². The first-order valence-corrected chi connectivity index (χ1v) is 12.8. The van der Waals surface area contributed by atoms with Gasteiger partial charge >= 0.3 is 6.09 Å². The van der Waals surface area contributed by atoms with Crippen LogP contribution in [-0.4, -0.2) is 40.8 Å². The largest absolute Gasteiger partial charge is 0.444 e. The van der Waals surface area contributed by atoms with E-state index in [1.807, 2.05) is 24.3 Å². The lowest BCUT2D eigenvalue weighted by Gasteiger charge is -2.18. The Kier molecular flexibility index (Phi) is 5.49. The summed E-state index contributed by atoms with van der Waals surface area (Å²) in [6.07, 6.45) is 2.37. The van der Waals surface area contributed by atoms with Gasteiger partial charge in [-0.15, -0.1) is 5.10 Å². The van der Waals surface area contributed by atoms with Gasteiger partial charge in [-0.1, -0.05) is 29.3 Å². The maximum absolute atomic E-state index is 13.5. The number of halogens is 2. The maximum atomic E-state index is 13.5. The lowest BCUT2D eigenvalue weighted by Crippen LogP contribution is -2.24. The van der Waals surface area contributed by atoms with E-state index in [2.05, 4.69) is 30.8 Å². The molecule has 3 aromatic heterocycles. The first-order chi connectivity index (χ1) is 18.9. The molecule has 0 saturated heterocycles. The van der Waals surface area contributed by atoms with Gasteiger partial charge in [0.15, 0.2) is 5.15 Å². The van der Waals surface area contributed by atoms with E-state index in [0.717, 1.165) is 27.9 Å². The third-order valence-electron chi connectivity index (χ3n) is 6.98. The zero-order valence-corrected chi connectivity index (χ0v) is 21.6. The summed E-state index contributed by atoms with van der Waals surface area (Å²) < 4.78 is 8.36. The van der Waals surface area contributed by atoms with Crippen LogP contribution < -0.4 is 10.9 Å². The Hall–Kier alpha value is -4.48. The number of amides is 1. The number of nitrogens with zero attached hydrogens (tertiary/aromatic N) is 6. The topological polar surface area (TPSA) is 133 Å². The van der Waals surface area contributed by atoms with Crippen LogP contribution in [0.5, 0.6) is 0 Å². The zero-order valence-electron chi connectivity index (χ0n) is 20.1. The molecule has 0 fully saturated rings. The molecule has 5 aromatic rings. The molecule has 2 aromatic carbocycles. The molecule has 11 nitrogen and oxygen atoms in total. The third kappa shape index (κ3) is 4.06. The fourth-order valence-electron chi connectivity index (χ4n) is 5.22. The average molecular weight is 561 g/mol. The van der Waals surface area contributed by atoms with Gasteiger partial charge in [-0.05, 0) is 65.2 Å². The first kappa shape index (κ1) is 23.6. The summed E-state index contributed by atoms with van der Waals surface area (Å²) >= 11 is 12.9. The Morgan fingerprint density at radius 1 is 1.03 bits per heavy atom. The normalized spacial score (nSPS) is 15.9. The molecule has 1 atom stereocenters. The molecule has 0 aliphatic carbocycles. The Morgan fingerprint density at radius 3 is 2.77 bits per heavy atom. The number of benzene rings is 2. The minimum absolute atomic E-state index is 0.164. The number of H-pyrrole nitrogens is 1. The standard InChI is InChI=1S/C26H18Cl2N8O3/c27-16-2-5-20(35-12-29-33-34-35)18(10-16)14-8-17-3-6-21(36(17)22(37)9-14)25-31-23(24(28)32-25)13-1-4-19-15(7-13)11-39-26(38)30-19/h1-2,4-5,7-10,12,21H,3,6,11H2,(H,30,38)(H,31,32). The molecular weight excluding hydrogens is 543 g/mol. The summed E-state index contributed by atoms with van der Waals surface area (Å²) in [5.74, 6) is 0.600. The molecule has 2 aliphatic heterocycles. The van der Waals surface area contributed by atoms with Crippen molar-refractivity contribution in [3.8, 4) is 28.1 Å². The van der Waals surface area contributed by atoms with Crippen LogP contribution in [0.15, 0.2) is 59.7 Å². The number of rotatable bonds is 4. The Labute approximate surface area is 230 Å². The highest BCUT2D eigenvalue weighted by molar-refractivity contribution is 6.32. The number of hydrogen-bond donors (Lipinski definition) is 2. The molecule has 0 radical (unpaired) electrons. The van der Waals surface area contributed by atoms with Gasteiger partial charge < -0.3 is 14.3 Å². The minimum atomic E-state index is -0.479. The number of cyclic esters (lactones) is 1. The highest BCUT2D eigenvalue weighted by atomic mass is 35.5. The van der Waals surface area contributed by atoms with Crippen molar-refractivity contribution in [2.45, 2.75) is 25.5 Å². The van der Waals surface area contributed by atoms with Crippen molar-refractivity contribution in [2.24, 2.45) is 0 Å². The molecule has 0 spiro atoms. The van der Waals surface area contributed by atoms with Crippen LogP contribution in [0.4, 0.5) is 10.5 Å². The molecular formula is C26H18Cl2N8O3. The molecule has 2 N–H and O–H groups in total. The molecule has 0 saturated carbocycles. The number of nitrogens with one attached hydrogen (secondary N) is 2.